The lowest BCUT2D eigenvalue weighted by Crippen LogP contribution is -2.16. The van der Waals surface area contributed by atoms with Crippen molar-refractivity contribution in [2.45, 2.75) is 26.3 Å². The van der Waals surface area contributed by atoms with Gasteiger partial charge in [0.2, 0.25) is 0 Å². The first-order chi connectivity index (χ1) is 8.06. The van der Waals surface area contributed by atoms with Crippen molar-refractivity contribution in [3.05, 3.63) is 51.8 Å². The summed E-state index contributed by atoms with van der Waals surface area (Å²) in [6.45, 7) is 4.84. The molecule has 17 heavy (non-hydrogen) atoms. The normalized spacial score (nSPS) is 11.0. The van der Waals surface area contributed by atoms with Crippen LogP contribution in [0.5, 0.6) is 0 Å². The Hall–Kier alpha value is -1.97. The molecule has 0 atom stereocenters. The van der Waals surface area contributed by atoms with Gasteiger partial charge in [-0.2, -0.15) is 0 Å². The van der Waals surface area contributed by atoms with Gasteiger partial charge in [0.15, 0.2) is 0 Å². The van der Waals surface area contributed by atoms with Gasteiger partial charge in [-0.3, -0.25) is 9.89 Å². The van der Waals surface area contributed by atoms with E-state index in [0.717, 1.165) is 5.56 Å². The summed E-state index contributed by atoms with van der Waals surface area (Å²) >= 11 is 0. The van der Waals surface area contributed by atoms with Gasteiger partial charge in [0.1, 0.15) is 5.82 Å². The molecule has 0 aliphatic carbocycles. The minimum Gasteiger partial charge on any atom is -0.384 e. The number of benzene rings is 1. The number of aromatic nitrogens is 2. The summed E-state index contributed by atoms with van der Waals surface area (Å²) < 4.78 is 1.50. The Morgan fingerprint density at radius 3 is 2.41 bits per heavy atom. The molecular formula is C13H17N3O. The summed E-state index contributed by atoms with van der Waals surface area (Å²) in [6.07, 6.45) is 0. The number of nitrogens with one attached hydrogen (secondary N) is 1. The molecule has 1 heterocycles. The molecule has 4 nitrogen and oxygen atoms in total. The number of nitrogens with zero attached hydrogens (tertiary/aromatic N) is 1. The van der Waals surface area contributed by atoms with E-state index in [0.29, 0.717) is 18.3 Å². The molecule has 0 aliphatic rings. The van der Waals surface area contributed by atoms with Crippen LogP contribution in [0.1, 0.15) is 30.9 Å². The molecule has 0 unspecified atom stereocenters. The molecule has 4 heteroatoms. The molecule has 2 aromatic rings. The molecular weight excluding hydrogens is 214 g/mol. The third kappa shape index (κ3) is 2.58. The van der Waals surface area contributed by atoms with Gasteiger partial charge in [-0.05, 0) is 17.0 Å². The molecule has 0 radical (unpaired) electrons. The summed E-state index contributed by atoms with van der Waals surface area (Å²) in [5.74, 6) is 0.918. The predicted molar refractivity (Wildman–Crippen MR) is 69.1 cm³/mol. The van der Waals surface area contributed by atoms with Crippen LogP contribution < -0.4 is 11.3 Å². The van der Waals surface area contributed by atoms with Crippen LogP contribution in [0.4, 0.5) is 5.82 Å². The van der Waals surface area contributed by atoms with Crippen molar-refractivity contribution in [2.24, 2.45) is 0 Å². The van der Waals surface area contributed by atoms with Crippen molar-refractivity contribution in [1.29, 1.82) is 0 Å². The number of H-pyrrole nitrogens is 1. The highest BCUT2D eigenvalue weighted by atomic mass is 16.1. The average Bonchev–Trinajstić information content (AvgIpc) is 2.58. The van der Waals surface area contributed by atoms with Crippen LogP contribution in [-0.4, -0.2) is 9.78 Å². The van der Waals surface area contributed by atoms with Crippen molar-refractivity contribution in [1.82, 2.24) is 9.78 Å². The van der Waals surface area contributed by atoms with Crippen LogP contribution in [0, 0.1) is 0 Å². The van der Waals surface area contributed by atoms with Crippen LogP contribution >= 0.6 is 0 Å². The smallest absolute Gasteiger partial charge is 0.268 e. The molecule has 1 aromatic heterocycles. The number of anilines is 1. The van der Waals surface area contributed by atoms with E-state index in [4.69, 9.17) is 5.73 Å². The first-order valence-corrected chi connectivity index (χ1v) is 5.70. The van der Waals surface area contributed by atoms with Gasteiger partial charge in [-0.15, -0.1) is 0 Å². The largest absolute Gasteiger partial charge is 0.384 e. The summed E-state index contributed by atoms with van der Waals surface area (Å²) in [6, 6.07) is 9.66. The second-order valence-electron chi connectivity index (χ2n) is 4.53. The van der Waals surface area contributed by atoms with Crippen molar-refractivity contribution >= 4 is 5.82 Å². The van der Waals surface area contributed by atoms with Gasteiger partial charge in [-0.25, -0.2) is 4.68 Å². The zero-order valence-electron chi connectivity index (χ0n) is 10.1. The summed E-state index contributed by atoms with van der Waals surface area (Å²) in [7, 11) is 0. The molecule has 3 N–H and O–H groups in total. The summed E-state index contributed by atoms with van der Waals surface area (Å²) in [5, 5.41) is 2.81. The lowest BCUT2D eigenvalue weighted by Gasteiger charge is -2.07. The molecule has 0 saturated heterocycles. The Bertz CT molecular complexity index is 549. The fourth-order valence-corrected chi connectivity index (χ4v) is 1.76. The van der Waals surface area contributed by atoms with Crippen molar-refractivity contribution in [3.63, 3.8) is 0 Å². The van der Waals surface area contributed by atoms with Gasteiger partial charge >= 0.3 is 0 Å². The lowest BCUT2D eigenvalue weighted by atomic mass is 10.0. The molecule has 0 bridgehead atoms. The molecule has 0 amide bonds. The molecule has 0 saturated carbocycles. The molecule has 2 rings (SSSR count). The number of nitrogens with two attached hydrogens (primary N) is 1. The third-order valence-corrected chi connectivity index (χ3v) is 2.80. The van der Waals surface area contributed by atoms with E-state index in [-0.39, 0.29) is 5.56 Å². The highest BCUT2D eigenvalue weighted by Gasteiger charge is 2.02. The topological polar surface area (TPSA) is 63.8 Å². The van der Waals surface area contributed by atoms with Crippen LogP contribution in [0.25, 0.3) is 0 Å². The molecule has 0 spiro atoms. The Labute approximate surface area is 100 Å². The Kier molecular flexibility index (Phi) is 3.04. The van der Waals surface area contributed by atoms with Gasteiger partial charge < -0.3 is 5.73 Å². The van der Waals surface area contributed by atoms with Gasteiger partial charge in [0, 0.05) is 6.07 Å². The minimum atomic E-state index is -0.101. The van der Waals surface area contributed by atoms with E-state index < -0.39 is 0 Å². The van der Waals surface area contributed by atoms with E-state index in [9.17, 15) is 4.79 Å². The molecule has 0 aliphatic heterocycles. The number of nitrogen functional groups attached to an aromatic ring is 1. The zero-order chi connectivity index (χ0) is 12.4. The van der Waals surface area contributed by atoms with Crippen LogP contribution in [0.15, 0.2) is 35.1 Å². The van der Waals surface area contributed by atoms with Crippen molar-refractivity contribution < 1.29 is 0 Å². The van der Waals surface area contributed by atoms with E-state index in [1.165, 1.54) is 16.3 Å². The molecule has 0 fully saturated rings. The fraction of sp³-hybridized carbons (Fsp3) is 0.308. The Balaban J connectivity index is 2.19. The Morgan fingerprint density at radius 1 is 1.29 bits per heavy atom. The summed E-state index contributed by atoms with van der Waals surface area (Å²) in [5.41, 5.74) is 7.80. The second kappa shape index (κ2) is 4.49. The van der Waals surface area contributed by atoms with E-state index >= 15 is 0 Å². The standard InChI is InChI=1S/C13H17N3O/c1-9(2)11-5-3-10(4-6-11)8-16-13(17)7-12(14)15-16/h3-7,9,15H,8,14H2,1-2H3. The summed E-state index contributed by atoms with van der Waals surface area (Å²) in [4.78, 5) is 11.5. The third-order valence-electron chi connectivity index (χ3n) is 2.80. The number of hydrogen-bond acceptors (Lipinski definition) is 2. The number of aromatic amines is 1. The monoisotopic (exact) mass is 231 g/mol. The fourth-order valence-electron chi connectivity index (χ4n) is 1.76. The number of rotatable bonds is 3. The lowest BCUT2D eigenvalue weighted by molar-refractivity contribution is 0.666. The first-order valence-electron chi connectivity index (χ1n) is 5.70. The molecule has 1 aromatic carbocycles. The highest BCUT2D eigenvalue weighted by Crippen LogP contribution is 2.14. The number of hydrogen-bond donors (Lipinski definition) is 2. The van der Waals surface area contributed by atoms with Crippen LogP contribution in [-0.2, 0) is 6.54 Å². The van der Waals surface area contributed by atoms with Gasteiger partial charge in [-0.1, -0.05) is 38.1 Å². The van der Waals surface area contributed by atoms with Gasteiger partial charge in [0.05, 0.1) is 6.54 Å². The highest BCUT2D eigenvalue weighted by molar-refractivity contribution is 5.27. The minimum absolute atomic E-state index is 0.101. The maximum Gasteiger partial charge on any atom is 0.268 e. The average molecular weight is 231 g/mol. The van der Waals surface area contributed by atoms with Crippen molar-refractivity contribution in [2.75, 3.05) is 5.73 Å². The van der Waals surface area contributed by atoms with E-state index in [1.54, 1.807) is 0 Å². The first kappa shape index (κ1) is 11.5. The maximum absolute atomic E-state index is 11.5. The maximum atomic E-state index is 11.5. The van der Waals surface area contributed by atoms with Crippen molar-refractivity contribution in [3.8, 4) is 0 Å². The SMILES string of the molecule is CC(C)c1ccc(Cn2[nH]c(N)cc2=O)cc1. The van der Waals surface area contributed by atoms with Gasteiger partial charge in [0.25, 0.3) is 5.56 Å². The Morgan fingerprint density at radius 2 is 1.94 bits per heavy atom. The zero-order valence-corrected chi connectivity index (χ0v) is 10.1. The van der Waals surface area contributed by atoms with E-state index in [1.807, 2.05) is 12.1 Å². The predicted octanol–water partition coefficient (Wildman–Crippen LogP) is 1.93. The van der Waals surface area contributed by atoms with Crippen LogP contribution in [0.3, 0.4) is 0 Å². The van der Waals surface area contributed by atoms with Crippen LogP contribution in [0.2, 0.25) is 0 Å². The quantitative estimate of drug-likeness (QED) is 0.847. The second-order valence-corrected chi connectivity index (χ2v) is 4.53. The van der Waals surface area contributed by atoms with E-state index in [2.05, 4.69) is 31.1 Å². The molecule has 90 valence electrons.